The monoisotopic (exact) mass is 369 g/mol. The topological polar surface area (TPSA) is 71.5 Å². The maximum atomic E-state index is 12.4. The molecule has 1 aliphatic heterocycles. The second kappa shape index (κ2) is 9.41. The van der Waals surface area contributed by atoms with Crippen molar-refractivity contribution >= 4 is 5.91 Å². The third-order valence-corrected chi connectivity index (χ3v) is 4.89. The Hall–Kier alpha value is -2.54. The van der Waals surface area contributed by atoms with Gasteiger partial charge in [0.05, 0.1) is 24.6 Å². The van der Waals surface area contributed by atoms with Crippen LogP contribution in [-0.2, 0) is 4.79 Å². The zero-order valence-electron chi connectivity index (χ0n) is 16.0. The van der Waals surface area contributed by atoms with Crippen LogP contribution in [-0.4, -0.2) is 63.4 Å². The number of pyridine rings is 1. The summed E-state index contributed by atoms with van der Waals surface area (Å²) in [5.41, 5.74) is 0.913. The van der Waals surface area contributed by atoms with Crippen LogP contribution in [0.15, 0.2) is 36.9 Å². The third kappa shape index (κ3) is 5.23. The van der Waals surface area contributed by atoms with E-state index in [1.807, 2.05) is 30.9 Å². The fraction of sp³-hybridized carbons (Fsp3) is 0.500. The highest BCUT2D eigenvalue weighted by Gasteiger charge is 2.25. The van der Waals surface area contributed by atoms with Gasteiger partial charge in [-0.2, -0.15) is 0 Å². The molecule has 27 heavy (non-hydrogen) atoms. The summed E-state index contributed by atoms with van der Waals surface area (Å²) in [6.45, 7) is 7.78. The Morgan fingerprint density at radius 2 is 2.11 bits per heavy atom. The fourth-order valence-electron chi connectivity index (χ4n) is 3.44. The fourth-order valence-corrected chi connectivity index (χ4v) is 3.44. The minimum absolute atomic E-state index is 0.195. The van der Waals surface area contributed by atoms with Crippen molar-refractivity contribution in [2.45, 2.75) is 32.6 Å². The van der Waals surface area contributed by atoms with E-state index in [2.05, 4.69) is 19.9 Å². The van der Waals surface area contributed by atoms with E-state index >= 15 is 0 Å². The maximum absolute atomic E-state index is 12.4. The molecule has 0 N–H and O–H groups in total. The summed E-state index contributed by atoms with van der Waals surface area (Å²) in [5, 5.41) is 0. The summed E-state index contributed by atoms with van der Waals surface area (Å²) in [5.74, 6) is 1.56. The number of piperidine rings is 1. The van der Waals surface area contributed by atoms with Gasteiger partial charge in [0.2, 0.25) is 11.8 Å². The molecular formula is C20H27N5O2. The normalized spacial score (nSPS) is 17.5. The minimum atomic E-state index is 0.195. The average molecular weight is 369 g/mol. The Kier molecular flexibility index (Phi) is 6.70. The number of aromatic nitrogens is 3. The summed E-state index contributed by atoms with van der Waals surface area (Å²) in [6.07, 6.45) is 8.85. The molecule has 0 bridgehead atoms. The summed E-state index contributed by atoms with van der Waals surface area (Å²) in [7, 11) is 0. The Bertz CT molecular complexity index is 736. The van der Waals surface area contributed by atoms with E-state index in [1.54, 1.807) is 24.8 Å². The third-order valence-electron chi connectivity index (χ3n) is 4.89. The van der Waals surface area contributed by atoms with Gasteiger partial charge in [-0.15, -0.1) is 0 Å². The highest BCUT2D eigenvalue weighted by molar-refractivity contribution is 5.78. The zero-order chi connectivity index (χ0) is 19.1. The molecule has 1 unspecified atom stereocenters. The highest BCUT2D eigenvalue weighted by Crippen LogP contribution is 2.27. The number of nitrogens with zero attached hydrogens (tertiary/aromatic N) is 5. The first-order valence-electron chi connectivity index (χ1n) is 9.59. The van der Waals surface area contributed by atoms with Crippen LogP contribution in [0.2, 0.25) is 0 Å². The lowest BCUT2D eigenvalue weighted by atomic mass is 9.95. The Morgan fingerprint density at radius 3 is 2.85 bits per heavy atom. The van der Waals surface area contributed by atoms with Gasteiger partial charge in [-0.05, 0) is 45.4 Å². The molecule has 1 saturated heterocycles. The molecule has 7 nitrogen and oxygen atoms in total. The van der Waals surface area contributed by atoms with Gasteiger partial charge in [0.25, 0.3) is 0 Å². The average Bonchev–Trinajstić information content (AvgIpc) is 2.70. The van der Waals surface area contributed by atoms with Gasteiger partial charge < -0.3 is 9.64 Å². The van der Waals surface area contributed by atoms with Gasteiger partial charge in [0, 0.05) is 37.9 Å². The molecule has 1 amide bonds. The van der Waals surface area contributed by atoms with E-state index < -0.39 is 0 Å². The van der Waals surface area contributed by atoms with Crippen LogP contribution in [0.25, 0.3) is 0 Å². The van der Waals surface area contributed by atoms with E-state index in [1.165, 1.54) is 0 Å². The Morgan fingerprint density at radius 1 is 1.26 bits per heavy atom. The Labute approximate surface area is 160 Å². The van der Waals surface area contributed by atoms with Gasteiger partial charge in [-0.3, -0.25) is 19.7 Å². The number of likely N-dealkylation sites (tertiary alicyclic amines) is 1. The predicted molar refractivity (Wildman–Crippen MR) is 103 cm³/mol. The van der Waals surface area contributed by atoms with Gasteiger partial charge >= 0.3 is 0 Å². The largest absolute Gasteiger partial charge is 0.436 e. The van der Waals surface area contributed by atoms with E-state index in [9.17, 15) is 4.79 Å². The lowest BCUT2D eigenvalue weighted by Crippen LogP contribution is -2.43. The molecule has 2 aromatic rings. The van der Waals surface area contributed by atoms with Crippen molar-refractivity contribution in [1.29, 1.82) is 0 Å². The lowest BCUT2D eigenvalue weighted by molar-refractivity contribution is -0.132. The standard InChI is InChI=1S/C20H27N5O2/c1-3-25(4-2)20(26)15-24-10-6-7-16(14-24)18-12-22-13-19(23-18)27-17-8-5-9-21-11-17/h5,8-9,11-13,16H,3-4,6-7,10,14-15H2,1-2H3. The number of hydrogen-bond donors (Lipinski definition) is 0. The van der Waals surface area contributed by atoms with Crippen molar-refractivity contribution in [2.75, 3.05) is 32.7 Å². The first kappa shape index (κ1) is 19.2. The van der Waals surface area contributed by atoms with Crippen molar-refractivity contribution < 1.29 is 9.53 Å². The van der Waals surface area contributed by atoms with Gasteiger partial charge in [0.15, 0.2) is 0 Å². The van der Waals surface area contributed by atoms with Crippen molar-refractivity contribution in [3.05, 3.63) is 42.6 Å². The maximum Gasteiger partial charge on any atom is 0.238 e. The second-order valence-electron chi connectivity index (χ2n) is 6.71. The molecule has 0 aliphatic carbocycles. The van der Waals surface area contributed by atoms with Crippen LogP contribution in [0.3, 0.4) is 0 Å². The van der Waals surface area contributed by atoms with Gasteiger partial charge in [-0.25, -0.2) is 4.98 Å². The molecular weight excluding hydrogens is 342 g/mol. The van der Waals surface area contributed by atoms with Crippen molar-refractivity contribution in [3.8, 4) is 11.6 Å². The highest BCUT2D eigenvalue weighted by atomic mass is 16.5. The molecule has 0 saturated carbocycles. The quantitative estimate of drug-likeness (QED) is 0.747. The Balaban J connectivity index is 1.64. The van der Waals surface area contributed by atoms with Crippen LogP contribution >= 0.6 is 0 Å². The number of amides is 1. The smallest absolute Gasteiger partial charge is 0.238 e. The molecule has 3 heterocycles. The van der Waals surface area contributed by atoms with Gasteiger partial charge in [-0.1, -0.05) is 0 Å². The van der Waals surface area contributed by atoms with Crippen molar-refractivity contribution in [1.82, 2.24) is 24.8 Å². The molecule has 1 fully saturated rings. The van der Waals surface area contributed by atoms with E-state index in [0.29, 0.717) is 18.2 Å². The van der Waals surface area contributed by atoms with Crippen LogP contribution in [0.1, 0.15) is 38.3 Å². The van der Waals surface area contributed by atoms with Gasteiger partial charge in [0.1, 0.15) is 5.75 Å². The lowest BCUT2D eigenvalue weighted by Gasteiger charge is -2.33. The zero-order valence-corrected chi connectivity index (χ0v) is 16.0. The predicted octanol–water partition coefficient (Wildman–Crippen LogP) is 2.71. The van der Waals surface area contributed by atoms with Crippen LogP contribution in [0.5, 0.6) is 11.6 Å². The summed E-state index contributed by atoms with van der Waals surface area (Å²) in [6, 6.07) is 3.65. The summed E-state index contributed by atoms with van der Waals surface area (Å²) >= 11 is 0. The first-order valence-corrected chi connectivity index (χ1v) is 9.59. The molecule has 1 atom stereocenters. The number of carbonyl (C=O) groups is 1. The molecule has 3 rings (SSSR count). The summed E-state index contributed by atoms with van der Waals surface area (Å²) in [4.78, 5) is 29.5. The number of likely N-dealkylation sites (N-methyl/N-ethyl adjacent to an activating group) is 1. The van der Waals surface area contributed by atoms with E-state index in [0.717, 1.165) is 44.7 Å². The SMILES string of the molecule is CCN(CC)C(=O)CN1CCCC(c2cncc(Oc3cccnc3)n2)C1. The van der Waals surface area contributed by atoms with Crippen LogP contribution in [0, 0.1) is 0 Å². The minimum Gasteiger partial charge on any atom is -0.436 e. The first-order chi connectivity index (χ1) is 13.2. The number of hydrogen-bond acceptors (Lipinski definition) is 6. The number of ether oxygens (including phenoxy) is 1. The summed E-state index contributed by atoms with van der Waals surface area (Å²) < 4.78 is 5.75. The van der Waals surface area contributed by atoms with Crippen LogP contribution < -0.4 is 4.74 Å². The number of carbonyl (C=O) groups excluding carboxylic acids is 1. The van der Waals surface area contributed by atoms with Crippen molar-refractivity contribution in [3.63, 3.8) is 0 Å². The van der Waals surface area contributed by atoms with Crippen molar-refractivity contribution in [2.24, 2.45) is 0 Å². The molecule has 0 aromatic carbocycles. The molecule has 144 valence electrons. The second-order valence-corrected chi connectivity index (χ2v) is 6.71. The molecule has 7 heteroatoms. The van der Waals surface area contributed by atoms with E-state index in [4.69, 9.17) is 4.74 Å². The van der Waals surface area contributed by atoms with Crippen LogP contribution in [0.4, 0.5) is 0 Å². The molecule has 2 aromatic heterocycles. The molecule has 1 aliphatic rings. The molecule has 0 spiro atoms. The van der Waals surface area contributed by atoms with E-state index in [-0.39, 0.29) is 11.8 Å². The molecule has 0 radical (unpaired) electrons. The number of rotatable bonds is 7.